The zero-order valence-corrected chi connectivity index (χ0v) is 23.3. The monoisotopic (exact) mass is 550 g/mol. The molecule has 0 saturated carbocycles. The molecule has 10 rings (SSSR count). The van der Waals surface area contributed by atoms with Crippen molar-refractivity contribution in [1.82, 2.24) is 0 Å². The third-order valence-corrected chi connectivity index (χ3v) is 10.2. The van der Waals surface area contributed by atoms with Crippen molar-refractivity contribution < 1.29 is 4.42 Å². The van der Waals surface area contributed by atoms with Crippen LogP contribution in [0, 0.1) is 0 Å². The predicted molar refractivity (Wildman–Crippen MR) is 181 cm³/mol. The second-order valence-corrected chi connectivity index (χ2v) is 12.3. The van der Waals surface area contributed by atoms with Gasteiger partial charge in [0.2, 0.25) is 0 Å². The summed E-state index contributed by atoms with van der Waals surface area (Å²) in [6, 6.07) is 48.9. The summed E-state index contributed by atoms with van der Waals surface area (Å²) in [5.41, 5.74) is 6.97. The molecule has 0 spiro atoms. The van der Waals surface area contributed by atoms with Crippen molar-refractivity contribution >= 4 is 85.8 Å². The van der Waals surface area contributed by atoms with Crippen LogP contribution in [0.3, 0.4) is 0 Å². The van der Waals surface area contributed by atoms with Crippen LogP contribution in [-0.4, -0.2) is 0 Å². The van der Waals surface area contributed by atoms with Crippen LogP contribution in [0.2, 0.25) is 0 Å². The molecule has 0 bridgehead atoms. The van der Waals surface area contributed by atoms with Gasteiger partial charge in [-0.15, -0.1) is 11.3 Å². The van der Waals surface area contributed by atoms with Gasteiger partial charge < -0.3 is 4.42 Å². The third-order valence-electron chi connectivity index (χ3n) is 9.03. The van der Waals surface area contributed by atoms with Crippen molar-refractivity contribution in [2.24, 2.45) is 0 Å². The maximum atomic E-state index is 6.32. The van der Waals surface area contributed by atoms with E-state index in [9.17, 15) is 0 Å². The second-order valence-electron chi connectivity index (χ2n) is 11.2. The Kier molecular flexibility index (Phi) is 4.39. The van der Waals surface area contributed by atoms with Crippen molar-refractivity contribution in [2.45, 2.75) is 0 Å². The molecule has 2 heterocycles. The van der Waals surface area contributed by atoms with Crippen LogP contribution in [0.5, 0.6) is 0 Å². The number of hydrogen-bond acceptors (Lipinski definition) is 2. The maximum absolute atomic E-state index is 6.32. The first-order valence-electron chi connectivity index (χ1n) is 14.4. The first kappa shape index (κ1) is 22.5. The average Bonchev–Trinajstić information content (AvgIpc) is 3.61. The molecule has 0 amide bonds. The lowest BCUT2D eigenvalue weighted by Crippen LogP contribution is -1.91. The Morgan fingerprint density at radius 3 is 1.86 bits per heavy atom. The minimum absolute atomic E-state index is 0.946. The van der Waals surface area contributed by atoms with Gasteiger partial charge in [0.1, 0.15) is 11.2 Å². The molecule has 0 aliphatic carbocycles. The zero-order chi connectivity index (χ0) is 27.4. The van der Waals surface area contributed by atoms with Gasteiger partial charge in [0.05, 0.1) is 0 Å². The highest BCUT2D eigenvalue weighted by Gasteiger charge is 2.21. The van der Waals surface area contributed by atoms with Crippen molar-refractivity contribution in [1.29, 1.82) is 0 Å². The summed E-state index contributed by atoms with van der Waals surface area (Å²) in [7, 11) is 0. The molecule has 0 saturated heterocycles. The number of benzene rings is 8. The molecule has 0 radical (unpaired) electrons. The van der Waals surface area contributed by atoms with E-state index >= 15 is 0 Å². The molecule has 0 aliphatic rings. The summed E-state index contributed by atoms with van der Waals surface area (Å²) >= 11 is 1.87. The minimum atomic E-state index is 0.946. The van der Waals surface area contributed by atoms with Crippen LogP contribution >= 0.6 is 11.3 Å². The molecule has 10 aromatic rings. The first-order chi connectivity index (χ1) is 20.8. The highest BCUT2D eigenvalue weighted by molar-refractivity contribution is 7.25. The molecular weight excluding hydrogens is 529 g/mol. The van der Waals surface area contributed by atoms with Crippen LogP contribution in [0.15, 0.2) is 138 Å². The topological polar surface area (TPSA) is 13.1 Å². The molecular formula is C40H22OS. The van der Waals surface area contributed by atoms with Crippen LogP contribution in [0.4, 0.5) is 0 Å². The van der Waals surface area contributed by atoms with Gasteiger partial charge in [-0.3, -0.25) is 0 Å². The molecule has 0 N–H and O–H groups in total. The average molecular weight is 551 g/mol. The lowest BCUT2D eigenvalue weighted by atomic mass is 9.84. The van der Waals surface area contributed by atoms with E-state index < -0.39 is 0 Å². The van der Waals surface area contributed by atoms with E-state index in [1.54, 1.807) is 0 Å². The highest BCUT2D eigenvalue weighted by Crippen LogP contribution is 2.48. The van der Waals surface area contributed by atoms with Gasteiger partial charge in [-0.2, -0.15) is 0 Å². The molecule has 0 aliphatic heterocycles. The summed E-state index contributed by atoms with van der Waals surface area (Å²) in [5.74, 6) is 0. The van der Waals surface area contributed by atoms with Gasteiger partial charge in [0.25, 0.3) is 0 Å². The molecule has 8 aromatic carbocycles. The van der Waals surface area contributed by atoms with Gasteiger partial charge in [-0.25, -0.2) is 0 Å². The second kappa shape index (κ2) is 8.19. The Morgan fingerprint density at radius 1 is 0.405 bits per heavy atom. The van der Waals surface area contributed by atoms with Gasteiger partial charge >= 0.3 is 0 Å². The zero-order valence-electron chi connectivity index (χ0n) is 22.5. The molecule has 0 atom stereocenters. The Balaban J connectivity index is 1.34. The van der Waals surface area contributed by atoms with Gasteiger partial charge in [0, 0.05) is 30.9 Å². The molecule has 1 nitrogen and oxygen atoms in total. The normalized spacial score (nSPS) is 12.3. The van der Waals surface area contributed by atoms with Gasteiger partial charge in [-0.05, 0) is 91.0 Å². The Morgan fingerprint density at radius 2 is 1.07 bits per heavy atom. The van der Waals surface area contributed by atoms with E-state index in [-0.39, 0.29) is 0 Å². The summed E-state index contributed by atoms with van der Waals surface area (Å²) < 4.78 is 8.98. The SMILES string of the molecule is c1cc2ccc3c(-c4c5ccccc5c(-c5ccc6sc7ccccc7c6c5)c5ccccc45)ccc4oc(c1)c2c43. The van der Waals surface area contributed by atoms with Crippen LogP contribution < -0.4 is 0 Å². The van der Waals surface area contributed by atoms with Crippen molar-refractivity contribution in [3.05, 3.63) is 133 Å². The predicted octanol–water partition coefficient (Wildman–Crippen LogP) is 12.2. The number of hydrogen-bond donors (Lipinski definition) is 0. The number of furan rings is 1. The first-order valence-corrected chi connectivity index (χ1v) is 15.2. The van der Waals surface area contributed by atoms with E-state index in [0.717, 1.165) is 11.2 Å². The Hall–Kier alpha value is -5.18. The Bertz CT molecular complexity index is 2630. The fraction of sp³-hybridized carbons (Fsp3) is 0. The summed E-state index contributed by atoms with van der Waals surface area (Å²) in [6.07, 6.45) is 0. The molecule has 0 unspecified atom stereocenters. The van der Waals surface area contributed by atoms with Crippen molar-refractivity contribution in [3.8, 4) is 22.3 Å². The maximum Gasteiger partial charge on any atom is 0.136 e. The lowest BCUT2D eigenvalue weighted by molar-refractivity contribution is 0.669. The van der Waals surface area contributed by atoms with Crippen LogP contribution in [0.1, 0.15) is 0 Å². The van der Waals surface area contributed by atoms with Gasteiger partial charge in [0.15, 0.2) is 0 Å². The van der Waals surface area contributed by atoms with E-state index in [0.29, 0.717) is 0 Å². The fourth-order valence-electron chi connectivity index (χ4n) is 7.28. The van der Waals surface area contributed by atoms with Crippen LogP contribution in [-0.2, 0) is 0 Å². The third kappa shape index (κ3) is 2.92. The lowest BCUT2D eigenvalue weighted by Gasteiger charge is -2.19. The molecule has 2 heteroatoms. The molecule has 194 valence electrons. The van der Waals surface area contributed by atoms with E-state index in [1.807, 2.05) is 11.3 Å². The molecule has 0 fully saturated rings. The molecule has 42 heavy (non-hydrogen) atoms. The molecule has 2 aromatic heterocycles. The number of rotatable bonds is 2. The quantitative estimate of drug-likeness (QED) is 0.154. The summed E-state index contributed by atoms with van der Waals surface area (Å²) in [6.45, 7) is 0. The van der Waals surface area contributed by atoms with Crippen molar-refractivity contribution in [3.63, 3.8) is 0 Å². The Labute approximate surface area is 245 Å². The summed E-state index contributed by atoms with van der Waals surface area (Å²) in [4.78, 5) is 0. The standard InChI is InChI=1S/C40H22OS/c1-3-12-28-26(10-1)37(24-17-21-36-32(22-24)25-9-5-6-15-35(25)42-36)27-11-2-4-13-29(27)39(28)30-19-20-34-40-31(30)18-16-23-8-7-14-33(41-34)38(23)40/h1-22H. The smallest absolute Gasteiger partial charge is 0.136 e. The fourth-order valence-corrected chi connectivity index (χ4v) is 8.36. The summed E-state index contributed by atoms with van der Waals surface area (Å²) in [5, 5.41) is 12.6. The largest absolute Gasteiger partial charge is 0.456 e. The van der Waals surface area contributed by atoms with Gasteiger partial charge in [-0.1, -0.05) is 97.1 Å². The minimum Gasteiger partial charge on any atom is -0.456 e. The van der Waals surface area contributed by atoms with Crippen molar-refractivity contribution in [2.75, 3.05) is 0 Å². The van der Waals surface area contributed by atoms with Crippen LogP contribution in [0.25, 0.3) is 96.7 Å². The number of thiophene rings is 1. The van der Waals surface area contributed by atoms with E-state index in [2.05, 4.69) is 133 Å². The van der Waals surface area contributed by atoms with E-state index in [1.165, 1.54) is 85.5 Å². The highest BCUT2D eigenvalue weighted by atomic mass is 32.1. The number of fused-ring (bicyclic) bond motifs is 5. The van der Waals surface area contributed by atoms with E-state index in [4.69, 9.17) is 4.42 Å².